The van der Waals surface area contributed by atoms with Crippen molar-refractivity contribution in [3.63, 3.8) is 0 Å². The highest BCUT2D eigenvalue weighted by Crippen LogP contribution is 2.11. The minimum Gasteiger partial charge on any atom is -0.377 e. The number of nitrogens with one attached hydrogen (secondary N) is 2. The summed E-state index contributed by atoms with van der Waals surface area (Å²) in [7, 11) is 0. The normalized spacial score (nSPS) is 15.1. The molecule has 0 unspecified atom stereocenters. The molecular weight excluding hydrogens is 305 g/mol. The fraction of sp³-hybridized carbons (Fsp3) is 0.526. The molecule has 1 aliphatic heterocycles. The topological polar surface area (TPSA) is 45.7 Å². The molecule has 0 saturated carbocycles. The number of nitrogens with zero attached hydrogens (tertiary/aromatic N) is 1. The lowest BCUT2D eigenvalue weighted by atomic mass is 10.1. The molecule has 4 nitrogen and oxygen atoms in total. The molecule has 0 aromatic heterocycles. The van der Waals surface area contributed by atoms with E-state index in [0.29, 0.717) is 6.54 Å². The first kappa shape index (κ1) is 18.5. The first-order valence-electron chi connectivity index (χ1n) is 8.72. The zero-order valence-corrected chi connectivity index (χ0v) is 14.7. The van der Waals surface area contributed by atoms with Gasteiger partial charge in [-0.1, -0.05) is 17.7 Å². The van der Waals surface area contributed by atoms with Crippen LogP contribution in [0.15, 0.2) is 34.8 Å². The van der Waals surface area contributed by atoms with Crippen LogP contribution >= 0.6 is 0 Å². The molecule has 1 aromatic rings. The second kappa shape index (κ2) is 10.1. The lowest BCUT2D eigenvalue weighted by Gasteiger charge is -2.15. The van der Waals surface area contributed by atoms with Crippen LogP contribution < -0.4 is 10.6 Å². The number of rotatable bonds is 7. The first-order valence-corrected chi connectivity index (χ1v) is 8.72. The molecule has 0 atom stereocenters. The van der Waals surface area contributed by atoms with E-state index in [1.807, 2.05) is 13.0 Å². The minimum atomic E-state index is -0.183. The number of benzene rings is 1. The number of guanidine groups is 1. The molecule has 2 rings (SSSR count). The maximum Gasteiger partial charge on any atom is 0.191 e. The molecular formula is C19H28FN3O. The van der Waals surface area contributed by atoms with Crippen LogP contribution in [-0.2, 0) is 11.2 Å². The van der Waals surface area contributed by atoms with Crippen molar-refractivity contribution in [1.82, 2.24) is 10.6 Å². The van der Waals surface area contributed by atoms with Crippen molar-refractivity contribution >= 4 is 5.96 Å². The minimum absolute atomic E-state index is 0.183. The van der Waals surface area contributed by atoms with Gasteiger partial charge in [0.15, 0.2) is 5.96 Å². The Kier molecular flexibility index (Phi) is 7.75. The second-order valence-corrected chi connectivity index (χ2v) is 5.95. The number of hydrogen-bond donors (Lipinski definition) is 2. The zero-order valence-electron chi connectivity index (χ0n) is 14.7. The zero-order chi connectivity index (χ0) is 17.2. The Balaban J connectivity index is 1.80. The summed E-state index contributed by atoms with van der Waals surface area (Å²) in [6.07, 6.45) is 5.03. The van der Waals surface area contributed by atoms with E-state index in [1.54, 1.807) is 6.07 Å². The first-order chi connectivity index (χ1) is 11.7. The van der Waals surface area contributed by atoms with Crippen molar-refractivity contribution in [2.45, 2.75) is 33.1 Å². The van der Waals surface area contributed by atoms with Gasteiger partial charge in [-0.15, -0.1) is 0 Å². The maximum atomic E-state index is 13.1. The number of hydrogen-bond acceptors (Lipinski definition) is 2. The fourth-order valence-corrected chi connectivity index (χ4v) is 2.70. The van der Waals surface area contributed by atoms with E-state index in [2.05, 4.69) is 28.6 Å². The standard InChI is InChI=1S/C19H28FN3O/c1-3-21-19(22-10-6-16-8-12-24-13-9-16)23-11-7-17-4-5-18(20)14-15(17)2/h4-5,8,14H,3,6-7,9-13H2,1-2H3,(H2,21,22,23). The fourth-order valence-electron chi connectivity index (χ4n) is 2.70. The van der Waals surface area contributed by atoms with Gasteiger partial charge in [0.25, 0.3) is 0 Å². The van der Waals surface area contributed by atoms with Crippen LogP contribution in [0.1, 0.15) is 30.9 Å². The number of aliphatic imine (C=N–C) groups is 1. The van der Waals surface area contributed by atoms with Crippen LogP contribution in [0.25, 0.3) is 0 Å². The van der Waals surface area contributed by atoms with E-state index >= 15 is 0 Å². The summed E-state index contributed by atoms with van der Waals surface area (Å²) in [5, 5.41) is 6.64. The Labute approximate surface area is 144 Å². The van der Waals surface area contributed by atoms with Gasteiger partial charge in [0, 0.05) is 19.6 Å². The lowest BCUT2D eigenvalue weighted by Crippen LogP contribution is -2.38. The van der Waals surface area contributed by atoms with E-state index in [1.165, 1.54) is 11.6 Å². The molecule has 0 amide bonds. The summed E-state index contributed by atoms with van der Waals surface area (Å²) in [5.74, 6) is 0.655. The summed E-state index contributed by atoms with van der Waals surface area (Å²) in [4.78, 5) is 4.61. The van der Waals surface area contributed by atoms with Gasteiger partial charge in [-0.2, -0.15) is 0 Å². The maximum absolute atomic E-state index is 13.1. The Morgan fingerprint density at radius 1 is 1.29 bits per heavy atom. The van der Waals surface area contributed by atoms with Crippen LogP contribution in [0.2, 0.25) is 0 Å². The second-order valence-electron chi connectivity index (χ2n) is 5.95. The molecule has 1 aromatic carbocycles. The Bertz CT molecular complexity index is 584. The number of aryl methyl sites for hydroxylation is 1. The third kappa shape index (κ3) is 6.32. The summed E-state index contributed by atoms with van der Waals surface area (Å²) in [6.45, 7) is 7.94. The third-order valence-electron chi connectivity index (χ3n) is 4.10. The molecule has 0 fully saturated rings. The van der Waals surface area contributed by atoms with Crippen molar-refractivity contribution in [2.75, 3.05) is 32.8 Å². The molecule has 2 N–H and O–H groups in total. The van der Waals surface area contributed by atoms with Crippen molar-refractivity contribution in [2.24, 2.45) is 4.99 Å². The van der Waals surface area contributed by atoms with Crippen molar-refractivity contribution in [1.29, 1.82) is 0 Å². The van der Waals surface area contributed by atoms with Crippen molar-refractivity contribution in [3.8, 4) is 0 Å². The molecule has 0 bridgehead atoms. The van der Waals surface area contributed by atoms with Crippen LogP contribution in [0.3, 0.4) is 0 Å². The highest BCUT2D eigenvalue weighted by atomic mass is 19.1. The summed E-state index contributed by atoms with van der Waals surface area (Å²) < 4.78 is 18.5. The summed E-state index contributed by atoms with van der Waals surface area (Å²) in [5.41, 5.74) is 3.57. The van der Waals surface area contributed by atoms with Gasteiger partial charge in [0.2, 0.25) is 0 Å². The van der Waals surface area contributed by atoms with Crippen molar-refractivity contribution in [3.05, 3.63) is 46.8 Å². The lowest BCUT2D eigenvalue weighted by molar-refractivity contribution is 0.153. The number of halogens is 1. The molecule has 0 aliphatic carbocycles. The third-order valence-corrected chi connectivity index (χ3v) is 4.10. The van der Waals surface area contributed by atoms with Gasteiger partial charge < -0.3 is 15.4 Å². The van der Waals surface area contributed by atoms with Crippen LogP contribution in [0.4, 0.5) is 4.39 Å². The molecule has 1 heterocycles. The average molecular weight is 333 g/mol. The quantitative estimate of drug-likeness (QED) is 0.458. The van der Waals surface area contributed by atoms with E-state index in [-0.39, 0.29) is 5.82 Å². The van der Waals surface area contributed by atoms with Gasteiger partial charge >= 0.3 is 0 Å². The van der Waals surface area contributed by atoms with E-state index in [4.69, 9.17) is 4.74 Å². The highest BCUT2D eigenvalue weighted by Gasteiger charge is 2.04. The largest absolute Gasteiger partial charge is 0.377 e. The monoisotopic (exact) mass is 333 g/mol. The van der Waals surface area contributed by atoms with Crippen LogP contribution in [0, 0.1) is 12.7 Å². The number of ether oxygens (including phenoxy) is 1. The van der Waals surface area contributed by atoms with E-state index in [0.717, 1.165) is 62.7 Å². The summed E-state index contributed by atoms with van der Waals surface area (Å²) >= 11 is 0. The molecule has 0 spiro atoms. The molecule has 1 aliphatic rings. The summed E-state index contributed by atoms with van der Waals surface area (Å²) in [6, 6.07) is 4.93. The van der Waals surface area contributed by atoms with Gasteiger partial charge in [-0.25, -0.2) is 4.39 Å². The van der Waals surface area contributed by atoms with E-state index in [9.17, 15) is 4.39 Å². The Morgan fingerprint density at radius 2 is 2.17 bits per heavy atom. The Hall–Kier alpha value is -1.88. The molecule has 0 radical (unpaired) electrons. The average Bonchev–Trinajstić information content (AvgIpc) is 2.58. The van der Waals surface area contributed by atoms with Crippen molar-refractivity contribution < 1.29 is 9.13 Å². The Morgan fingerprint density at radius 3 is 2.88 bits per heavy atom. The molecule has 0 saturated heterocycles. The molecule has 24 heavy (non-hydrogen) atoms. The van der Waals surface area contributed by atoms with Gasteiger partial charge in [-0.05, 0) is 56.4 Å². The molecule has 132 valence electrons. The van der Waals surface area contributed by atoms with E-state index < -0.39 is 0 Å². The van der Waals surface area contributed by atoms with Crippen LogP contribution in [-0.4, -0.2) is 38.8 Å². The predicted molar refractivity (Wildman–Crippen MR) is 97.0 cm³/mol. The van der Waals surface area contributed by atoms with Crippen LogP contribution in [0.5, 0.6) is 0 Å². The van der Waals surface area contributed by atoms with Gasteiger partial charge in [0.1, 0.15) is 5.82 Å². The molecule has 5 heteroatoms. The van der Waals surface area contributed by atoms with Gasteiger partial charge in [0.05, 0.1) is 13.2 Å². The SMILES string of the molecule is CCNC(=NCCc1ccc(F)cc1C)NCCC1=CCOCC1. The predicted octanol–water partition coefficient (Wildman–Crippen LogP) is 2.97. The highest BCUT2D eigenvalue weighted by molar-refractivity contribution is 5.79. The smallest absolute Gasteiger partial charge is 0.191 e. The van der Waals surface area contributed by atoms with Gasteiger partial charge in [-0.3, -0.25) is 4.99 Å².